The molecule has 0 aliphatic carbocycles. The summed E-state index contributed by atoms with van der Waals surface area (Å²) in [6, 6.07) is 6.22. The van der Waals surface area contributed by atoms with Gasteiger partial charge in [0.05, 0.1) is 6.04 Å². The number of hydrogen-bond acceptors (Lipinski definition) is 5. The molecule has 1 aliphatic heterocycles. The number of Topliss-reactive ketones (excluding diaryl/α,β-unsaturated/α-hetero) is 1. The van der Waals surface area contributed by atoms with Crippen LogP contribution in [0.4, 0.5) is 4.79 Å². The van der Waals surface area contributed by atoms with E-state index in [4.69, 9.17) is 12.2 Å². The standard InChI is InChI=1S/C32H47N5O5/c1-8-10-16-24(26(38)28(33)39)35-29(40)25-23(20(3)4)17-18-37(25)30(41)27(32(5,6)7)36-31(42)34-22(9-2)19-21-14-12-11-13-15-21/h1,11-15,20,22-25,27H,9-10,16-19H2,2-7H3,(H2,33,39)(H,35,40)(H2,34,36,42)/t22?,23-,24?,25+,27?/m1/s1. The third-order valence-electron chi connectivity index (χ3n) is 7.85. The second kappa shape index (κ2) is 15.4. The maximum Gasteiger partial charge on any atom is 0.315 e. The van der Waals surface area contributed by atoms with Crippen LogP contribution in [0.25, 0.3) is 0 Å². The summed E-state index contributed by atoms with van der Waals surface area (Å²) >= 11 is 0. The lowest BCUT2D eigenvalue weighted by Crippen LogP contribution is -2.61. The Morgan fingerprint density at radius 1 is 1.07 bits per heavy atom. The van der Waals surface area contributed by atoms with Crippen LogP contribution in [-0.2, 0) is 25.6 Å². The highest BCUT2D eigenvalue weighted by Gasteiger charge is 2.47. The smallest absolute Gasteiger partial charge is 0.315 e. The summed E-state index contributed by atoms with van der Waals surface area (Å²) < 4.78 is 0. The Hall–Kier alpha value is -3.87. The van der Waals surface area contributed by atoms with Gasteiger partial charge in [-0.15, -0.1) is 12.3 Å². The topological polar surface area (TPSA) is 151 Å². The summed E-state index contributed by atoms with van der Waals surface area (Å²) in [7, 11) is 0. The first kappa shape index (κ1) is 34.3. The number of primary amides is 1. The van der Waals surface area contributed by atoms with Gasteiger partial charge in [0.15, 0.2) is 0 Å². The molecule has 5 amide bonds. The quantitative estimate of drug-likeness (QED) is 0.209. The summed E-state index contributed by atoms with van der Waals surface area (Å²) in [4.78, 5) is 66.5. The molecule has 10 heteroatoms. The first-order valence-electron chi connectivity index (χ1n) is 14.7. The van der Waals surface area contributed by atoms with Gasteiger partial charge in [-0.3, -0.25) is 19.2 Å². The molecule has 0 spiro atoms. The van der Waals surface area contributed by atoms with Gasteiger partial charge in [-0.1, -0.05) is 71.9 Å². The van der Waals surface area contributed by atoms with E-state index < -0.39 is 53.1 Å². The highest BCUT2D eigenvalue weighted by Crippen LogP contribution is 2.33. The van der Waals surface area contributed by atoms with Crippen LogP contribution < -0.4 is 21.7 Å². The van der Waals surface area contributed by atoms with Crippen LogP contribution in [0.1, 0.15) is 72.8 Å². The number of nitrogens with one attached hydrogen (secondary N) is 3. The lowest BCUT2D eigenvalue weighted by molar-refractivity contribution is -0.144. The predicted molar refractivity (Wildman–Crippen MR) is 162 cm³/mol. The van der Waals surface area contributed by atoms with Gasteiger partial charge >= 0.3 is 6.03 Å². The van der Waals surface area contributed by atoms with Gasteiger partial charge in [-0.25, -0.2) is 4.79 Å². The number of nitrogens with zero attached hydrogens (tertiary/aromatic N) is 1. The SMILES string of the molecule is C#CCCC(NC(=O)[C@@H]1[C@@H](C(C)C)CCN1C(=O)C(NC(=O)NC(CC)Cc1ccccc1)C(C)(C)C)C(=O)C(N)=O. The highest BCUT2D eigenvalue weighted by molar-refractivity contribution is 6.37. The van der Waals surface area contributed by atoms with Gasteiger partial charge in [-0.2, -0.15) is 0 Å². The minimum atomic E-state index is -1.19. The molecular formula is C32H47N5O5. The molecule has 1 aromatic rings. The zero-order chi connectivity index (χ0) is 31.6. The molecule has 5 atom stereocenters. The monoisotopic (exact) mass is 581 g/mol. The molecule has 0 radical (unpaired) electrons. The maximum atomic E-state index is 14.1. The summed E-state index contributed by atoms with van der Waals surface area (Å²) in [5, 5.41) is 8.52. The average molecular weight is 582 g/mol. The zero-order valence-corrected chi connectivity index (χ0v) is 25.7. The number of ketones is 1. The molecule has 1 fully saturated rings. The Kier molecular flexibility index (Phi) is 12.6. The Morgan fingerprint density at radius 2 is 1.71 bits per heavy atom. The molecular weight excluding hydrogens is 534 g/mol. The number of benzene rings is 1. The third-order valence-corrected chi connectivity index (χ3v) is 7.85. The fraction of sp³-hybridized carbons (Fsp3) is 0.594. The Balaban J connectivity index is 2.28. The largest absolute Gasteiger partial charge is 0.363 e. The van der Waals surface area contributed by atoms with Crippen LogP contribution in [0.2, 0.25) is 0 Å². The molecule has 0 saturated carbocycles. The van der Waals surface area contributed by atoms with Gasteiger partial charge in [-0.05, 0) is 48.5 Å². The molecule has 1 aliphatic rings. The lowest BCUT2D eigenvalue weighted by Gasteiger charge is -2.37. The van der Waals surface area contributed by atoms with Crippen molar-refractivity contribution >= 4 is 29.5 Å². The highest BCUT2D eigenvalue weighted by atomic mass is 16.2. The molecule has 1 heterocycles. The third kappa shape index (κ3) is 9.33. The van der Waals surface area contributed by atoms with E-state index in [1.165, 1.54) is 4.90 Å². The first-order chi connectivity index (χ1) is 19.7. The summed E-state index contributed by atoms with van der Waals surface area (Å²) in [6.45, 7) is 11.8. The molecule has 1 aromatic carbocycles. The van der Waals surface area contributed by atoms with E-state index in [1.807, 2.05) is 71.9 Å². The van der Waals surface area contributed by atoms with Crippen molar-refractivity contribution in [3.05, 3.63) is 35.9 Å². The van der Waals surface area contributed by atoms with Crippen molar-refractivity contribution in [2.24, 2.45) is 23.0 Å². The Labute approximate surface area is 249 Å². The minimum Gasteiger partial charge on any atom is -0.363 e. The summed E-state index contributed by atoms with van der Waals surface area (Å²) in [6.07, 6.45) is 7.45. The van der Waals surface area contributed by atoms with Crippen molar-refractivity contribution in [3.63, 3.8) is 0 Å². The molecule has 5 N–H and O–H groups in total. The maximum absolute atomic E-state index is 14.1. The fourth-order valence-electron chi connectivity index (χ4n) is 5.39. The summed E-state index contributed by atoms with van der Waals surface area (Å²) in [5.41, 5.74) is 5.62. The van der Waals surface area contributed by atoms with E-state index in [9.17, 15) is 24.0 Å². The second-order valence-electron chi connectivity index (χ2n) is 12.4. The van der Waals surface area contributed by atoms with Crippen molar-refractivity contribution in [1.29, 1.82) is 0 Å². The number of hydrogen-bond donors (Lipinski definition) is 4. The van der Waals surface area contributed by atoms with Gasteiger partial charge in [0.2, 0.25) is 17.6 Å². The number of carbonyl (C=O) groups excluding carboxylic acids is 5. The van der Waals surface area contributed by atoms with E-state index in [0.29, 0.717) is 25.8 Å². The van der Waals surface area contributed by atoms with Crippen molar-refractivity contribution < 1.29 is 24.0 Å². The molecule has 0 bridgehead atoms. The van der Waals surface area contributed by atoms with E-state index in [0.717, 1.165) is 5.56 Å². The van der Waals surface area contributed by atoms with Crippen molar-refractivity contribution in [2.45, 2.75) is 97.8 Å². The molecule has 1 saturated heterocycles. The van der Waals surface area contributed by atoms with E-state index in [-0.39, 0.29) is 30.7 Å². The molecule has 0 aromatic heterocycles. The molecule has 42 heavy (non-hydrogen) atoms. The number of nitrogens with two attached hydrogens (primary N) is 1. The number of likely N-dealkylation sites (tertiary alicyclic amines) is 1. The lowest BCUT2D eigenvalue weighted by atomic mass is 9.84. The molecule has 2 rings (SSSR count). The normalized spacial score (nSPS) is 18.9. The van der Waals surface area contributed by atoms with Crippen LogP contribution in [0.5, 0.6) is 0 Å². The van der Waals surface area contributed by atoms with Gasteiger partial charge in [0.25, 0.3) is 5.91 Å². The van der Waals surface area contributed by atoms with Crippen LogP contribution in [-0.4, -0.2) is 65.1 Å². The molecule has 230 valence electrons. The van der Waals surface area contributed by atoms with E-state index in [1.54, 1.807) is 0 Å². The van der Waals surface area contributed by atoms with Crippen LogP contribution in [0.3, 0.4) is 0 Å². The number of rotatable bonds is 13. The van der Waals surface area contributed by atoms with Gasteiger partial charge in [0, 0.05) is 19.0 Å². The van der Waals surface area contributed by atoms with Crippen LogP contribution >= 0.6 is 0 Å². The Morgan fingerprint density at radius 3 is 2.24 bits per heavy atom. The zero-order valence-electron chi connectivity index (χ0n) is 25.7. The number of carbonyl (C=O) groups is 5. The van der Waals surface area contributed by atoms with Crippen LogP contribution in [0, 0.1) is 29.6 Å². The first-order valence-corrected chi connectivity index (χ1v) is 14.7. The summed E-state index contributed by atoms with van der Waals surface area (Å²) in [5.74, 6) is -0.806. The van der Waals surface area contributed by atoms with Crippen molar-refractivity contribution in [2.75, 3.05) is 6.54 Å². The van der Waals surface area contributed by atoms with Crippen molar-refractivity contribution in [3.8, 4) is 12.3 Å². The second-order valence-corrected chi connectivity index (χ2v) is 12.4. The van der Waals surface area contributed by atoms with E-state index in [2.05, 4.69) is 21.9 Å². The number of terminal acetylenes is 1. The van der Waals surface area contributed by atoms with Crippen LogP contribution in [0.15, 0.2) is 30.3 Å². The minimum absolute atomic E-state index is 0.0437. The fourth-order valence-corrected chi connectivity index (χ4v) is 5.39. The van der Waals surface area contributed by atoms with Crippen molar-refractivity contribution in [1.82, 2.24) is 20.9 Å². The predicted octanol–water partition coefficient (Wildman–Crippen LogP) is 2.55. The Bertz CT molecular complexity index is 1150. The van der Waals surface area contributed by atoms with Gasteiger partial charge < -0.3 is 26.6 Å². The number of amides is 5. The molecule has 3 unspecified atom stereocenters. The van der Waals surface area contributed by atoms with E-state index >= 15 is 0 Å². The van der Waals surface area contributed by atoms with Gasteiger partial charge in [0.1, 0.15) is 12.1 Å². The molecule has 10 nitrogen and oxygen atoms in total. The average Bonchev–Trinajstić information content (AvgIpc) is 3.38. The number of urea groups is 1.